The van der Waals surface area contributed by atoms with Gasteiger partial charge in [-0.05, 0) is 5.92 Å². The van der Waals surface area contributed by atoms with Gasteiger partial charge in [0.2, 0.25) is 5.54 Å². The van der Waals surface area contributed by atoms with Gasteiger partial charge in [0, 0.05) is 6.42 Å². The average molecular weight is 200 g/mol. The predicted octanol–water partition coefficient (Wildman–Crippen LogP) is 0.771. The summed E-state index contributed by atoms with van der Waals surface area (Å²) in [6.07, 6.45) is -0.403. The quantitative estimate of drug-likeness (QED) is 0.684. The Bertz CT molecular complexity index is 252. The van der Waals surface area contributed by atoms with Crippen molar-refractivity contribution >= 4 is 5.97 Å². The third-order valence-corrected chi connectivity index (χ3v) is 2.50. The number of esters is 1. The smallest absolute Gasteiger partial charge is 0.338 e. The molecule has 0 aromatic carbocycles. The van der Waals surface area contributed by atoms with Crippen LogP contribution in [0.25, 0.3) is 0 Å². The van der Waals surface area contributed by atoms with E-state index in [1.165, 1.54) is 7.11 Å². The summed E-state index contributed by atoms with van der Waals surface area (Å²) in [6.45, 7) is 4.14. The Morgan fingerprint density at radius 2 is 2.21 bits per heavy atom. The van der Waals surface area contributed by atoms with Crippen molar-refractivity contribution in [3.05, 3.63) is 0 Å². The number of hydrogen-bond donors (Lipinski definition) is 1. The Labute approximate surface area is 83.2 Å². The van der Waals surface area contributed by atoms with E-state index in [0.717, 1.165) is 0 Å². The van der Waals surface area contributed by atoms with Crippen LogP contribution in [0.3, 0.4) is 0 Å². The van der Waals surface area contributed by atoms with E-state index in [4.69, 9.17) is 0 Å². The second kappa shape index (κ2) is 4.04. The van der Waals surface area contributed by atoms with Crippen LogP contribution in [0, 0.1) is 5.92 Å². The molecule has 1 aliphatic heterocycles. The van der Waals surface area contributed by atoms with Crippen molar-refractivity contribution in [1.29, 1.82) is 0 Å². The van der Waals surface area contributed by atoms with Gasteiger partial charge in [0.15, 0.2) is 0 Å². The molecule has 0 aromatic rings. The summed E-state index contributed by atoms with van der Waals surface area (Å²) in [7, 11) is 1.30. The van der Waals surface area contributed by atoms with E-state index in [1.807, 2.05) is 13.8 Å². The highest BCUT2D eigenvalue weighted by Gasteiger charge is 2.50. The van der Waals surface area contributed by atoms with Gasteiger partial charge in [0.1, 0.15) is 0 Å². The summed E-state index contributed by atoms with van der Waals surface area (Å²) in [4.78, 5) is 11.5. The fourth-order valence-electron chi connectivity index (χ4n) is 1.65. The van der Waals surface area contributed by atoms with Crippen molar-refractivity contribution in [3.8, 4) is 0 Å². The van der Waals surface area contributed by atoms with E-state index < -0.39 is 17.6 Å². The minimum atomic E-state index is -1.16. The van der Waals surface area contributed by atoms with Crippen LogP contribution >= 0.6 is 0 Å². The third kappa shape index (κ3) is 1.64. The molecule has 1 rings (SSSR count). The van der Waals surface area contributed by atoms with Crippen LogP contribution in [0.15, 0.2) is 10.2 Å². The van der Waals surface area contributed by atoms with Gasteiger partial charge in [-0.1, -0.05) is 13.8 Å². The van der Waals surface area contributed by atoms with E-state index in [9.17, 15) is 9.90 Å². The van der Waals surface area contributed by atoms with Gasteiger partial charge in [0.25, 0.3) is 0 Å². The van der Waals surface area contributed by atoms with E-state index in [2.05, 4.69) is 15.0 Å². The van der Waals surface area contributed by atoms with E-state index in [0.29, 0.717) is 13.0 Å². The molecule has 0 amide bonds. The summed E-state index contributed by atoms with van der Waals surface area (Å²) in [5.74, 6) is -0.550. The maximum atomic E-state index is 11.5. The highest BCUT2D eigenvalue weighted by Crippen LogP contribution is 2.31. The lowest BCUT2D eigenvalue weighted by Gasteiger charge is -2.29. The zero-order chi connectivity index (χ0) is 10.8. The molecule has 2 atom stereocenters. The predicted molar refractivity (Wildman–Crippen MR) is 49.9 cm³/mol. The molecule has 0 bridgehead atoms. The van der Waals surface area contributed by atoms with Gasteiger partial charge in [-0.15, -0.1) is 0 Å². The summed E-state index contributed by atoms with van der Waals surface area (Å²) in [6, 6.07) is 0. The standard InChI is InChI=1S/C9H16N2O3/c1-6(2)7(12)9(8(13)14-3)4-5-10-11-9/h6-7,12H,4-5H2,1-3H3/t7-,9+/m0/s1. The SMILES string of the molecule is COC(=O)[C@]1([C@@H](O)C(C)C)CCN=N1. The fourth-order valence-corrected chi connectivity index (χ4v) is 1.65. The summed E-state index contributed by atoms with van der Waals surface area (Å²) in [5, 5.41) is 17.6. The van der Waals surface area contributed by atoms with Crippen LogP contribution in [-0.2, 0) is 9.53 Å². The molecule has 0 aliphatic carbocycles. The van der Waals surface area contributed by atoms with Gasteiger partial charge < -0.3 is 9.84 Å². The highest BCUT2D eigenvalue weighted by molar-refractivity contribution is 5.82. The van der Waals surface area contributed by atoms with Crippen molar-refractivity contribution in [2.75, 3.05) is 13.7 Å². The minimum Gasteiger partial charge on any atom is -0.467 e. The Hall–Kier alpha value is -0.970. The maximum Gasteiger partial charge on any atom is 0.338 e. The van der Waals surface area contributed by atoms with Crippen molar-refractivity contribution < 1.29 is 14.6 Å². The van der Waals surface area contributed by atoms with Gasteiger partial charge in [-0.25, -0.2) is 4.79 Å². The number of carbonyl (C=O) groups is 1. The number of aliphatic hydroxyl groups excluding tert-OH is 1. The molecule has 5 nitrogen and oxygen atoms in total. The van der Waals surface area contributed by atoms with Gasteiger partial charge in [0.05, 0.1) is 19.8 Å². The first-order valence-electron chi connectivity index (χ1n) is 4.69. The lowest BCUT2D eigenvalue weighted by atomic mass is 9.84. The molecule has 0 radical (unpaired) electrons. The van der Waals surface area contributed by atoms with Crippen molar-refractivity contribution in [3.63, 3.8) is 0 Å². The molecule has 0 unspecified atom stereocenters. The highest BCUT2D eigenvalue weighted by atomic mass is 16.5. The molecule has 0 aromatic heterocycles. The maximum absolute atomic E-state index is 11.5. The molecule has 0 saturated carbocycles. The number of hydrogen-bond acceptors (Lipinski definition) is 5. The van der Waals surface area contributed by atoms with Crippen LogP contribution in [0.5, 0.6) is 0 Å². The second-order valence-electron chi connectivity index (χ2n) is 3.82. The molecule has 0 spiro atoms. The van der Waals surface area contributed by atoms with Gasteiger partial charge in [-0.3, -0.25) is 0 Å². The normalized spacial score (nSPS) is 28.1. The van der Waals surface area contributed by atoms with Crippen molar-refractivity contribution in [2.45, 2.75) is 31.9 Å². The zero-order valence-electron chi connectivity index (χ0n) is 8.73. The molecule has 1 N–H and O–H groups in total. The number of methoxy groups -OCH3 is 1. The van der Waals surface area contributed by atoms with Gasteiger partial charge in [-0.2, -0.15) is 10.2 Å². The second-order valence-corrected chi connectivity index (χ2v) is 3.82. The lowest BCUT2D eigenvalue weighted by molar-refractivity contribution is -0.152. The molecule has 1 aliphatic rings. The Morgan fingerprint density at radius 1 is 1.57 bits per heavy atom. The third-order valence-electron chi connectivity index (χ3n) is 2.50. The first kappa shape index (κ1) is 11.1. The van der Waals surface area contributed by atoms with Crippen LogP contribution < -0.4 is 0 Å². The summed E-state index contributed by atoms with van der Waals surface area (Å²) >= 11 is 0. The Balaban J connectivity index is 2.93. The Kier molecular flexibility index (Phi) is 3.21. The van der Waals surface area contributed by atoms with Crippen molar-refractivity contribution in [1.82, 2.24) is 0 Å². The summed E-state index contributed by atoms with van der Waals surface area (Å²) < 4.78 is 4.66. The van der Waals surface area contributed by atoms with Crippen LogP contribution in [0.1, 0.15) is 20.3 Å². The van der Waals surface area contributed by atoms with E-state index >= 15 is 0 Å². The molecule has 80 valence electrons. The first-order chi connectivity index (χ1) is 6.54. The minimum absolute atomic E-state index is 0.0499. The number of aliphatic hydroxyl groups is 1. The lowest BCUT2D eigenvalue weighted by Crippen LogP contribution is -2.49. The van der Waals surface area contributed by atoms with E-state index in [1.54, 1.807) is 0 Å². The fraction of sp³-hybridized carbons (Fsp3) is 0.889. The van der Waals surface area contributed by atoms with Gasteiger partial charge >= 0.3 is 5.97 Å². The van der Waals surface area contributed by atoms with E-state index in [-0.39, 0.29) is 5.92 Å². The molecule has 1 heterocycles. The number of rotatable bonds is 3. The topological polar surface area (TPSA) is 71.2 Å². The molecule has 14 heavy (non-hydrogen) atoms. The number of nitrogens with zero attached hydrogens (tertiary/aromatic N) is 2. The van der Waals surface area contributed by atoms with Crippen LogP contribution in [0.2, 0.25) is 0 Å². The molecular formula is C9H16N2O3. The van der Waals surface area contributed by atoms with Crippen LogP contribution in [-0.4, -0.2) is 36.4 Å². The largest absolute Gasteiger partial charge is 0.467 e. The molecule has 0 fully saturated rings. The zero-order valence-corrected chi connectivity index (χ0v) is 8.73. The monoisotopic (exact) mass is 200 g/mol. The molecule has 5 heteroatoms. The van der Waals surface area contributed by atoms with Crippen molar-refractivity contribution in [2.24, 2.45) is 16.1 Å². The first-order valence-corrected chi connectivity index (χ1v) is 4.69. The summed E-state index contributed by atoms with van der Waals surface area (Å²) in [5.41, 5.74) is -1.16. The number of carbonyl (C=O) groups excluding carboxylic acids is 1. The van der Waals surface area contributed by atoms with Crippen LogP contribution in [0.4, 0.5) is 0 Å². The molecular weight excluding hydrogens is 184 g/mol. The molecule has 0 saturated heterocycles. The number of ether oxygens (including phenoxy) is 1. The Morgan fingerprint density at radius 3 is 2.57 bits per heavy atom. The average Bonchev–Trinajstić information content (AvgIpc) is 2.65. The number of azo groups is 1.